The smallest absolute Gasteiger partial charge is 0.370 e. The standard InChI is InChI=1S/C27H30F3N5O3S2/c28-27(29,30)20-6-7-24(34-12-3-4-13-34)22(17-20)32-25(36)23-18-39-26(33-23)19-8-14-35(15-9-19)40(37,38)16-10-21-5-1-2-11-31-21/h1-2,5-7,11,17-19H,3-4,8-10,12-16H2,(H,32,36). The molecule has 1 amide bonds. The maximum absolute atomic E-state index is 13.4. The number of hydrogen-bond acceptors (Lipinski definition) is 7. The second-order valence-corrected chi connectivity index (χ2v) is 13.0. The van der Waals surface area contributed by atoms with Crippen molar-refractivity contribution in [3.63, 3.8) is 0 Å². The molecule has 40 heavy (non-hydrogen) atoms. The number of aromatic nitrogens is 2. The highest BCUT2D eigenvalue weighted by Gasteiger charge is 2.33. The van der Waals surface area contributed by atoms with Gasteiger partial charge in [-0.25, -0.2) is 17.7 Å². The van der Waals surface area contributed by atoms with Gasteiger partial charge in [-0.05, 0) is 56.0 Å². The van der Waals surface area contributed by atoms with Crippen LogP contribution < -0.4 is 10.2 Å². The van der Waals surface area contributed by atoms with Gasteiger partial charge in [-0.1, -0.05) is 6.07 Å². The number of thiazole rings is 1. The van der Waals surface area contributed by atoms with Gasteiger partial charge in [0.05, 0.1) is 27.7 Å². The summed E-state index contributed by atoms with van der Waals surface area (Å²) in [5.41, 5.74) is 0.709. The molecule has 0 radical (unpaired) electrons. The fourth-order valence-corrected chi connectivity index (χ4v) is 7.57. The summed E-state index contributed by atoms with van der Waals surface area (Å²) in [5.74, 6) is -0.579. The van der Waals surface area contributed by atoms with Gasteiger partial charge in [-0.2, -0.15) is 13.2 Å². The summed E-state index contributed by atoms with van der Waals surface area (Å²) in [5, 5.41) is 4.98. The largest absolute Gasteiger partial charge is 0.416 e. The number of sulfonamides is 1. The molecule has 2 fully saturated rings. The molecular weight excluding hydrogens is 563 g/mol. The molecule has 0 bridgehead atoms. The molecule has 1 N–H and O–H groups in total. The van der Waals surface area contributed by atoms with Gasteiger partial charge < -0.3 is 10.2 Å². The first-order valence-corrected chi connectivity index (χ1v) is 15.7. The van der Waals surface area contributed by atoms with Gasteiger partial charge in [0, 0.05) is 55.8 Å². The number of hydrogen-bond donors (Lipinski definition) is 1. The van der Waals surface area contributed by atoms with Crippen LogP contribution in [0, 0.1) is 0 Å². The second-order valence-electron chi connectivity index (χ2n) is 10.0. The van der Waals surface area contributed by atoms with Gasteiger partial charge in [0.15, 0.2) is 0 Å². The summed E-state index contributed by atoms with van der Waals surface area (Å²) in [4.78, 5) is 23.7. The Labute approximate surface area is 235 Å². The highest BCUT2D eigenvalue weighted by atomic mass is 32.2. The van der Waals surface area contributed by atoms with Crippen molar-refractivity contribution in [1.82, 2.24) is 14.3 Å². The lowest BCUT2D eigenvalue weighted by atomic mass is 9.99. The molecule has 2 aliphatic heterocycles. The second kappa shape index (κ2) is 11.8. The average Bonchev–Trinajstić information content (AvgIpc) is 3.65. The Bertz CT molecular complexity index is 1430. The van der Waals surface area contributed by atoms with Crippen molar-refractivity contribution in [1.29, 1.82) is 0 Å². The Morgan fingerprint density at radius 2 is 1.82 bits per heavy atom. The van der Waals surface area contributed by atoms with E-state index in [1.165, 1.54) is 21.7 Å². The lowest BCUT2D eigenvalue weighted by Crippen LogP contribution is -2.39. The molecule has 0 spiro atoms. The van der Waals surface area contributed by atoms with E-state index in [-0.39, 0.29) is 23.1 Å². The summed E-state index contributed by atoms with van der Waals surface area (Å²) in [7, 11) is -3.43. The summed E-state index contributed by atoms with van der Waals surface area (Å²) in [6, 6.07) is 8.84. The number of alkyl halides is 3. The maximum Gasteiger partial charge on any atom is 0.416 e. The number of aryl methyl sites for hydroxylation is 1. The number of amides is 1. The molecular formula is C27H30F3N5O3S2. The number of nitrogens with one attached hydrogen (secondary N) is 1. The third kappa shape index (κ3) is 6.64. The topological polar surface area (TPSA) is 95.5 Å². The first-order valence-electron chi connectivity index (χ1n) is 13.2. The van der Waals surface area contributed by atoms with Crippen LogP contribution in [0.2, 0.25) is 0 Å². The van der Waals surface area contributed by atoms with Gasteiger partial charge in [0.25, 0.3) is 5.91 Å². The molecule has 5 rings (SSSR count). The molecule has 0 atom stereocenters. The summed E-state index contributed by atoms with van der Waals surface area (Å²) >= 11 is 1.31. The molecule has 0 saturated carbocycles. The third-order valence-electron chi connectivity index (χ3n) is 7.31. The predicted octanol–water partition coefficient (Wildman–Crippen LogP) is 5.16. The first kappa shape index (κ1) is 28.5. The highest BCUT2D eigenvalue weighted by molar-refractivity contribution is 7.89. The number of carbonyl (C=O) groups is 1. The van der Waals surface area contributed by atoms with Gasteiger partial charge in [0.2, 0.25) is 10.0 Å². The quantitative estimate of drug-likeness (QED) is 0.388. The predicted molar refractivity (Wildman–Crippen MR) is 148 cm³/mol. The minimum atomic E-state index is -4.53. The van der Waals surface area contributed by atoms with Crippen molar-refractivity contribution >= 4 is 38.6 Å². The van der Waals surface area contributed by atoms with E-state index in [1.54, 1.807) is 23.7 Å². The van der Waals surface area contributed by atoms with Crippen LogP contribution in [-0.2, 0) is 22.6 Å². The lowest BCUT2D eigenvalue weighted by Gasteiger charge is -2.30. The van der Waals surface area contributed by atoms with Crippen molar-refractivity contribution in [3.05, 3.63) is 69.9 Å². The van der Waals surface area contributed by atoms with Crippen LogP contribution in [0.4, 0.5) is 24.5 Å². The molecule has 2 aliphatic rings. The summed E-state index contributed by atoms with van der Waals surface area (Å²) in [6.45, 7) is 2.15. The average molecular weight is 594 g/mol. The van der Waals surface area contributed by atoms with E-state index in [9.17, 15) is 26.4 Å². The number of carbonyl (C=O) groups excluding carboxylic acids is 1. The molecule has 4 heterocycles. The molecule has 3 aromatic rings. The number of halogens is 3. The zero-order valence-electron chi connectivity index (χ0n) is 21.7. The molecule has 8 nitrogen and oxygen atoms in total. The molecule has 2 aromatic heterocycles. The van der Waals surface area contributed by atoms with Crippen molar-refractivity contribution < 1.29 is 26.4 Å². The van der Waals surface area contributed by atoms with Crippen LogP contribution in [0.15, 0.2) is 48.0 Å². The van der Waals surface area contributed by atoms with Crippen molar-refractivity contribution in [2.75, 3.05) is 42.1 Å². The fraction of sp³-hybridized carbons (Fsp3) is 0.444. The van der Waals surface area contributed by atoms with Crippen molar-refractivity contribution in [2.45, 2.75) is 44.2 Å². The van der Waals surface area contributed by atoms with E-state index in [2.05, 4.69) is 15.3 Å². The van der Waals surface area contributed by atoms with Crippen LogP contribution in [0.25, 0.3) is 0 Å². The highest BCUT2D eigenvalue weighted by Crippen LogP contribution is 2.37. The Morgan fingerprint density at radius 3 is 2.50 bits per heavy atom. The monoisotopic (exact) mass is 593 g/mol. The van der Waals surface area contributed by atoms with Crippen molar-refractivity contribution in [3.8, 4) is 0 Å². The van der Waals surface area contributed by atoms with E-state index in [0.717, 1.165) is 35.7 Å². The minimum Gasteiger partial charge on any atom is -0.370 e. The third-order valence-corrected chi connectivity index (χ3v) is 10.2. The zero-order valence-corrected chi connectivity index (χ0v) is 23.4. The molecule has 214 valence electrons. The van der Waals surface area contributed by atoms with Gasteiger partial charge in [-0.15, -0.1) is 11.3 Å². The Hall–Kier alpha value is -3.03. The van der Waals surface area contributed by atoms with Gasteiger partial charge in [-0.3, -0.25) is 9.78 Å². The molecule has 0 aliphatic carbocycles. The number of rotatable bonds is 8. The van der Waals surface area contributed by atoms with Gasteiger partial charge in [0.1, 0.15) is 5.69 Å². The molecule has 2 saturated heterocycles. The van der Waals surface area contributed by atoms with E-state index in [1.807, 2.05) is 11.0 Å². The van der Waals surface area contributed by atoms with Crippen LogP contribution in [0.1, 0.15) is 58.4 Å². The first-order chi connectivity index (χ1) is 19.1. The van der Waals surface area contributed by atoms with Crippen LogP contribution in [0.3, 0.4) is 0 Å². The zero-order chi connectivity index (χ0) is 28.3. The van der Waals surface area contributed by atoms with E-state index < -0.39 is 27.7 Å². The molecule has 1 aromatic carbocycles. The van der Waals surface area contributed by atoms with E-state index >= 15 is 0 Å². The summed E-state index contributed by atoms with van der Waals surface area (Å²) in [6.07, 6.45) is 0.482. The number of piperidine rings is 1. The fourth-order valence-electron chi connectivity index (χ4n) is 5.10. The van der Waals surface area contributed by atoms with Gasteiger partial charge >= 0.3 is 6.18 Å². The number of anilines is 2. The normalized spacial score (nSPS) is 17.3. The summed E-state index contributed by atoms with van der Waals surface area (Å²) < 4.78 is 67.3. The molecule has 13 heteroatoms. The molecule has 0 unspecified atom stereocenters. The van der Waals surface area contributed by atoms with Crippen LogP contribution in [-0.4, -0.2) is 60.5 Å². The van der Waals surface area contributed by atoms with Crippen LogP contribution in [0.5, 0.6) is 0 Å². The number of pyridine rings is 1. The van der Waals surface area contributed by atoms with E-state index in [4.69, 9.17) is 0 Å². The van der Waals surface area contributed by atoms with E-state index in [0.29, 0.717) is 51.1 Å². The number of benzene rings is 1. The Morgan fingerprint density at radius 1 is 1.07 bits per heavy atom. The SMILES string of the molecule is O=C(Nc1cc(C(F)(F)F)ccc1N1CCCC1)c1csc(C2CCN(S(=O)(=O)CCc3ccccn3)CC2)n1. The number of nitrogens with zero attached hydrogens (tertiary/aromatic N) is 4. The minimum absolute atomic E-state index is 0.00232. The Balaban J connectivity index is 1.22. The Kier molecular flexibility index (Phi) is 8.43. The maximum atomic E-state index is 13.4. The lowest BCUT2D eigenvalue weighted by molar-refractivity contribution is -0.137. The van der Waals surface area contributed by atoms with Crippen molar-refractivity contribution in [2.24, 2.45) is 0 Å². The van der Waals surface area contributed by atoms with Crippen LogP contribution >= 0.6 is 11.3 Å².